The van der Waals surface area contributed by atoms with E-state index in [1.165, 1.54) is 6.21 Å². The zero-order valence-electron chi connectivity index (χ0n) is 10.5. The van der Waals surface area contributed by atoms with Gasteiger partial charge in [0.05, 0.1) is 6.21 Å². The lowest BCUT2D eigenvalue weighted by Crippen LogP contribution is -2.47. The maximum Gasteiger partial charge on any atom is 0.254 e. The lowest BCUT2D eigenvalue weighted by molar-refractivity contribution is 0.0664. The number of hydrogen-bond donors (Lipinski definition) is 1. The number of rotatable bonds is 2. The number of benzene rings is 1. The van der Waals surface area contributed by atoms with Crippen LogP contribution < -0.4 is 5.84 Å². The summed E-state index contributed by atoms with van der Waals surface area (Å²) in [7, 11) is 2.07. The van der Waals surface area contributed by atoms with Crippen molar-refractivity contribution in [2.45, 2.75) is 0 Å². The van der Waals surface area contributed by atoms with Gasteiger partial charge >= 0.3 is 0 Å². The van der Waals surface area contributed by atoms with Crippen molar-refractivity contribution < 1.29 is 4.79 Å². The highest BCUT2D eigenvalue weighted by Crippen LogP contribution is 2.11. The first-order chi connectivity index (χ1) is 8.72. The molecule has 0 bridgehead atoms. The van der Waals surface area contributed by atoms with E-state index in [1.807, 2.05) is 29.2 Å². The van der Waals surface area contributed by atoms with E-state index in [2.05, 4.69) is 17.0 Å². The average molecular weight is 246 g/mol. The molecule has 1 heterocycles. The van der Waals surface area contributed by atoms with Crippen molar-refractivity contribution in [3.8, 4) is 0 Å². The minimum absolute atomic E-state index is 0.0543. The Morgan fingerprint density at radius 1 is 1.28 bits per heavy atom. The van der Waals surface area contributed by atoms with Crippen LogP contribution in [0.25, 0.3) is 0 Å². The molecular formula is C13H18N4O. The standard InChI is InChI=1S/C13H18N4O/c1-16-6-8-17(9-7-16)13(18)12-5-3-2-4-11(12)10-15-14/h2-5,10H,6-9,14H2,1H3. The molecule has 1 amide bonds. The van der Waals surface area contributed by atoms with Gasteiger partial charge < -0.3 is 15.6 Å². The van der Waals surface area contributed by atoms with Gasteiger partial charge in [0.25, 0.3) is 5.91 Å². The summed E-state index contributed by atoms with van der Waals surface area (Å²) < 4.78 is 0. The molecule has 1 aliphatic rings. The SMILES string of the molecule is CN1CCN(C(=O)c2ccccc2C=NN)CC1. The maximum absolute atomic E-state index is 12.4. The second kappa shape index (κ2) is 5.64. The lowest BCUT2D eigenvalue weighted by atomic mass is 10.1. The lowest BCUT2D eigenvalue weighted by Gasteiger charge is -2.32. The Morgan fingerprint density at radius 2 is 1.94 bits per heavy atom. The number of nitrogens with zero attached hydrogens (tertiary/aromatic N) is 3. The van der Waals surface area contributed by atoms with E-state index in [0.29, 0.717) is 5.56 Å². The smallest absolute Gasteiger partial charge is 0.254 e. The molecule has 1 saturated heterocycles. The van der Waals surface area contributed by atoms with Crippen LogP contribution in [0.3, 0.4) is 0 Å². The summed E-state index contributed by atoms with van der Waals surface area (Å²) in [6.07, 6.45) is 1.52. The van der Waals surface area contributed by atoms with Crippen molar-refractivity contribution in [3.05, 3.63) is 35.4 Å². The van der Waals surface area contributed by atoms with Crippen molar-refractivity contribution in [2.24, 2.45) is 10.9 Å². The van der Waals surface area contributed by atoms with Crippen molar-refractivity contribution >= 4 is 12.1 Å². The van der Waals surface area contributed by atoms with Crippen LogP contribution >= 0.6 is 0 Å². The third-order valence-electron chi connectivity index (χ3n) is 3.20. The van der Waals surface area contributed by atoms with E-state index in [-0.39, 0.29) is 5.91 Å². The molecule has 5 heteroatoms. The summed E-state index contributed by atoms with van der Waals surface area (Å²) in [5, 5.41) is 3.50. The van der Waals surface area contributed by atoms with Crippen molar-refractivity contribution in [1.82, 2.24) is 9.80 Å². The first-order valence-corrected chi connectivity index (χ1v) is 6.02. The first-order valence-electron chi connectivity index (χ1n) is 6.02. The normalized spacial score (nSPS) is 17.3. The van der Waals surface area contributed by atoms with Gasteiger partial charge in [-0.2, -0.15) is 5.10 Å². The number of likely N-dealkylation sites (N-methyl/N-ethyl adjacent to an activating group) is 1. The summed E-state index contributed by atoms with van der Waals surface area (Å²) in [5.41, 5.74) is 1.43. The van der Waals surface area contributed by atoms with Crippen LogP contribution in [-0.2, 0) is 0 Å². The fourth-order valence-electron chi connectivity index (χ4n) is 2.06. The molecule has 1 aromatic rings. The molecule has 2 N–H and O–H groups in total. The Kier molecular flexibility index (Phi) is 3.94. The number of carbonyl (C=O) groups excluding carboxylic acids is 1. The van der Waals surface area contributed by atoms with E-state index in [4.69, 9.17) is 5.84 Å². The topological polar surface area (TPSA) is 61.9 Å². The van der Waals surface area contributed by atoms with E-state index < -0.39 is 0 Å². The molecule has 0 saturated carbocycles. The van der Waals surface area contributed by atoms with Gasteiger partial charge in [-0.25, -0.2) is 0 Å². The number of hydrazone groups is 1. The van der Waals surface area contributed by atoms with Crippen LogP contribution in [0, 0.1) is 0 Å². The van der Waals surface area contributed by atoms with Crippen LogP contribution in [0.1, 0.15) is 15.9 Å². The maximum atomic E-state index is 12.4. The highest BCUT2D eigenvalue weighted by molar-refractivity contribution is 6.02. The second-order valence-electron chi connectivity index (χ2n) is 4.46. The van der Waals surface area contributed by atoms with Crippen molar-refractivity contribution in [2.75, 3.05) is 33.2 Å². The first kappa shape index (κ1) is 12.6. The molecule has 0 aliphatic carbocycles. The highest BCUT2D eigenvalue weighted by atomic mass is 16.2. The van der Waals surface area contributed by atoms with E-state index in [9.17, 15) is 4.79 Å². The Balaban J connectivity index is 2.18. The summed E-state index contributed by atoms with van der Waals surface area (Å²) in [6.45, 7) is 3.37. The molecule has 1 aliphatic heterocycles. The van der Waals surface area contributed by atoms with Crippen LogP contribution in [0.15, 0.2) is 29.4 Å². The zero-order valence-corrected chi connectivity index (χ0v) is 10.5. The van der Waals surface area contributed by atoms with Gasteiger partial charge in [-0.05, 0) is 13.1 Å². The Labute approximate surface area is 107 Å². The summed E-state index contributed by atoms with van der Waals surface area (Å²) >= 11 is 0. The number of carbonyl (C=O) groups is 1. The molecule has 1 fully saturated rings. The minimum Gasteiger partial charge on any atom is -0.336 e. The monoisotopic (exact) mass is 246 g/mol. The van der Waals surface area contributed by atoms with Crippen LogP contribution in [0.2, 0.25) is 0 Å². The molecule has 5 nitrogen and oxygen atoms in total. The fraction of sp³-hybridized carbons (Fsp3) is 0.385. The summed E-state index contributed by atoms with van der Waals surface area (Å²) in [4.78, 5) is 16.5. The Hall–Kier alpha value is -1.88. The van der Waals surface area contributed by atoms with Gasteiger partial charge in [-0.3, -0.25) is 4.79 Å². The average Bonchev–Trinajstić information content (AvgIpc) is 2.40. The second-order valence-corrected chi connectivity index (χ2v) is 4.46. The third-order valence-corrected chi connectivity index (χ3v) is 3.20. The number of amides is 1. The van der Waals surface area contributed by atoms with Crippen molar-refractivity contribution in [1.29, 1.82) is 0 Å². The Morgan fingerprint density at radius 3 is 2.61 bits per heavy atom. The van der Waals surface area contributed by atoms with Crippen LogP contribution in [0.4, 0.5) is 0 Å². The zero-order chi connectivity index (χ0) is 13.0. The number of nitrogens with two attached hydrogens (primary N) is 1. The number of piperazine rings is 1. The molecule has 2 rings (SSSR count). The highest BCUT2D eigenvalue weighted by Gasteiger charge is 2.21. The van der Waals surface area contributed by atoms with Crippen molar-refractivity contribution in [3.63, 3.8) is 0 Å². The van der Waals surface area contributed by atoms with E-state index >= 15 is 0 Å². The quantitative estimate of drug-likeness (QED) is 0.466. The molecule has 96 valence electrons. The summed E-state index contributed by atoms with van der Waals surface area (Å²) in [6, 6.07) is 7.40. The predicted molar refractivity (Wildman–Crippen MR) is 71.6 cm³/mol. The van der Waals surface area contributed by atoms with Gasteiger partial charge in [0.1, 0.15) is 0 Å². The molecule has 1 aromatic carbocycles. The molecule has 0 atom stereocenters. The van der Waals surface area contributed by atoms with Gasteiger partial charge in [-0.15, -0.1) is 0 Å². The predicted octanol–water partition coefficient (Wildman–Crippen LogP) is 0.367. The van der Waals surface area contributed by atoms with Crippen LogP contribution in [-0.4, -0.2) is 55.1 Å². The molecule has 0 radical (unpaired) electrons. The molecule has 0 spiro atoms. The largest absolute Gasteiger partial charge is 0.336 e. The van der Waals surface area contributed by atoms with Gasteiger partial charge in [0, 0.05) is 37.3 Å². The van der Waals surface area contributed by atoms with Gasteiger partial charge in [0.2, 0.25) is 0 Å². The molecule has 0 unspecified atom stereocenters. The molecular weight excluding hydrogens is 228 g/mol. The fourth-order valence-corrected chi connectivity index (χ4v) is 2.06. The molecule has 0 aromatic heterocycles. The van der Waals surface area contributed by atoms with E-state index in [1.54, 1.807) is 0 Å². The Bertz CT molecular complexity index is 450. The van der Waals surface area contributed by atoms with Crippen LogP contribution in [0.5, 0.6) is 0 Å². The molecule has 18 heavy (non-hydrogen) atoms. The van der Waals surface area contributed by atoms with E-state index in [0.717, 1.165) is 31.7 Å². The third kappa shape index (κ3) is 2.68. The minimum atomic E-state index is 0.0543. The van der Waals surface area contributed by atoms with Gasteiger partial charge in [-0.1, -0.05) is 18.2 Å². The summed E-state index contributed by atoms with van der Waals surface area (Å²) in [5.74, 6) is 5.22. The van der Waals surface area contributed by atoms with Gasteiger partial charge in [0.15, 0.2) is 0 Å². The number of hydrogen-bond acceptors (Lipinski definition) is 4.